The molecule has 1 aliphatic rings. The highest BCUT2D eigenvalue weighted by Gasteiger charge is 2.36. The number of methoxy groups -OCH3 is 2. The number of hydrogen-bond donors (Lipinski definition) is 1. The average molecular weight is 474 g/mol. The fourth-order valence-electron chi connectivity index (χ4n) is 3.61. The van der Waals surface area contributed by atoms with Crippen molar-refractivity contribution in [3.8, 4) is 11.5 Å². The Kier molecular flexibility index (Phi) is 6.50. The predicted molar refractivity (Wildman–Crippen MR) is 127 cm³/mol. The third-order valence-electron chi connectivity index (χ3n) is 5.46. The monoisotopic (exact) mass is 474 g/mol. The molecule has 1 heterocycles. The molecular weight excluding hydrogens is 452 g/mol. The SMILES string of the molecule is COc1ccc(NC(=O)C(C)OC(=O)c2ccc(N3C(=O)c4ccccc4C3=O)cc2)cc1OC. The van der Waals surface area contributed by atoms with Crippen molar-refractivity contribution in [1.29, 1.82) is 0 Å². The van der Waals surface area contributed by atoms with Gasteiger partial charge in [-0.3, -0.25) is 14.4 Å². The number of benzene rings is 3. The Balaban J connectivity index is 1.40. The molecule has 9 heteroatoms. The number of rotatable bonds is 7. The Hall–Kier alpha value is -4.66. The van der Waals surface area contributed by atoms with E-state index in [2.05, 4.69) is 5.32 Å². The summed E-state index contributed by atoms with van der Waals surface area (Å²) in [7, 11) is 2.98. The van der Waals surface area contributed by atoms with Gasteiger partial charge in [-0.1, -0.05) is 12.1 Å². The van der Waals surface area contributed by atoms with Crippen LogP contribution in [0.15, 0.2) is 66.7 Å². The van der Waals surface area contributed by atoms with E-state index in [-0.39, 0.29) is 5.56 Å². The molecule has 0 aromatic heterocycles. The van der Waals surface area contributed by atoms with Crippen molar-refractivity contribution >= 4 is 35.1 Å². The zero-order valence-corrected chi connectivity index (χ0v) is 19.2. The van der Waals surface area contributed by atoms with E-state index in [1.54, 1.807) is 42.5 Å². The lowest BCUT2D eigenvalue weighted by atomic mass is 10.1. The maximum atomic E-state index is 12.6. The van der Waals surface area contributed by atoms with Crippen molar-refractivity contribution in [3.63, 3.8) is 0 Å². The van der Waals surface area contributed by atoms with Crippen LogP contribution in [0.4, 0.5) is 11.4 Å². The lowest BCUT2D eigenvalue weighted by molar-refractivity contribution is -0.123. The Morgan fingerprint density at radius 2 is 1.43 bits per heavy atom. The number of anilines is 2. The number of carbonyl (C=O) groups is 4. The minimum Gasteiger partial charge on any atom is -0.493 e. The molecular formula is C26H22N2O7. The van der Waals surface area contributed by atoms with E-state index in [1.807, 2.05) is 0 Å². The molecule has 1 aliphatic heterocycles. The number of hydrogen-bond acceptors (Lipinski definition) is 7. The molecule has 178 valence electrons. The summed E-state index contributed by atoms with van der Waals surface area (Å²) in [6.07, 6.45) is -1.09. The maximum absolute atomic E-state index is 12.6. The van der Waals surface area contributed by atoms with Crippen LogP contribution < -0.4 is 19.7 Å². The first-order valence-corrected chi connectivity index (χ1v) is 10.7. The molecule has 3 aromatic rings. The Morgan fingerprint density at radius 3 is 2.00 bits per heavy atom. The molecule has 4 rings (SSSR count). The summed E-state index contributed by atoms with van der Waals surface area (Å²) in [6, 6.07) is 17.2. The normalized spacial score (nSPS) is 13.2. The quantitative estimate of drug-likeness (QED) is 0.411. The summed E-state index contributed by atoms with van der Waals surface area (Å²) in [6.45, 7) is 1.45. The fourth-order valence-corrected chi connectivity index (χ4v) is 3.61. The first kappa shape index (κ1) is 23.5. The molecule has 1 N–H and O–H groups in total. The van der Waals surface area contributed by atoms with Crippen LogP contribution >= 0.6 is 0 Å². The number of nitrogens with zero attached hydrogens (tertiary/aromatic N) is 1. The summed E-state index contributed by atoms with van der Waals surface area (Å²) >= 11 is 0. The summed E-state index contributed by atoms with van der Waals surface area (Å²) in [5.41, 5.74) is 1.59. The smallest absolute Gasteiger partial charge is 0.338 e. The first-order valence-electron chi connectivity index (χ1n) is 10.7. The minimum absolute atomic E-state index is 0.163. The van der Waals surface area contributed by atoms with Crippen LogP contribution in [-0.4, -0.2) is 44.0 Å². The molecule has 0 bridgehead atoms. The van der Waals surface area contributed by atoms with E-state index < -0.39 is 29.8 Å². The number of nitrogens with one attached hydrogen (secondary N) is 1. The van der Waals surface area contributed by atoms with Crippen molar-refractivity contribution < 1.29 is 33.4 Å². The van der Waals surface area contributed by atoms with Crippen LogP contribution in [0.25, 0.3) is 0 Å². The molecule has 1 atom stereocenters. The van der Waals surface area contributed by atoms with Gasteiger partial charge in [0.2, 0.25) is 0 Å². The number of ether oxygens (including phenoxy) is 3. The number of imide groups is 1. The van der Waals surface area contributed by atoms with Gasteiger partial charge in [0.1, 0.15) is 0 Å². The van der Waals surface area contributed by atoms with Gasteiger partial charge in [0, 0.05) is 11.8 Å². The summed E-state index contributed by atoms with van der Waals surface area (Å²) in [5, 5.41) is 2.66. The van der Waals surface area contributed by atoms with Gasteiger partial charge in [0.15, 0.2) is 17.6 Å². The van der Waals surface area contributed by atoms with Gasteiger partial charge in [0.25, 0.3) is 17.7 Å². The molecule has 0 saturated carbocycles. The molecule has 0 aliphatic carbocycles. The van der Waals surface area contributed by atoms with E-state index >= 15 is 0 Å². The van der Waals surface area contributed by atoms with E-state index in [1.165, 1.54) is 45.4 Å². The highest BCUT2D eigenvalue weighted by Crippen LogP contribution is 2.30. The second kappa shape index (κ2) is 9.68. The van der Waals surface area contributed by atoms with Crippen LogP contribution in [0.5, 0.6) is 11.5 Å². The van der Waals surface area contributed by atoms with Crippen molar-refractivity contribution in [2.24, 2.45) is 0 Å². The van der Waals surface area contributed by atoms with Gasteiger partial charge in [0.05, 0.1) is 36.6 Å². The molecule has 0 radical (unpaired) electrons. The zero-order valence-electron chi connectivity index (χ0n) is 19.2. The van der Waals surface area contributed by atoms with Crippen LogP contribution in [-0.2, 0) is 9.53 Å². The van der Waals surface area contributed by atoms with Crippen LogP contribution in [0, 0.1) is 0 Å². The maximum Gasteiger partial charge on any atom is 0.338 e. The Morgan fingerprint density at radius 1 is 0.829 bits per heavy atom. The standard InChI is InChI=1S/C26H22N2O7/c1-15(23(29)27-17-10-13-21(33-2)22(14-17)34-3)35-26(32)16-8-11-18(12-9-16)28-24(30)19-6-4-5-7-20(19)25(28)31/h4-15H,1-3H3,(H,27,29). The summed E-state index contributed by atoms with van der Waals surface area (Å²) in [4.78, 5) is 51.4. The third kappa shape index (κ3) is 4.56. The lowest BCUT2D eigenvalue weighted by Gasteiger charge is -2.16. The Bertz CT molecular complexity index is 1280. The predicted octanol–water partition coefficient (Wildman–Crippen LogP) is 3.69. The molecule has 1 unspecified atom stereocenters. The molecule has 0 saturated heterocycles. The molecule has 3 aromatic carbocycles. The molecule has 9 nitrogen and oxygen atoms in total. The van der Waals surface area contributed by atoms with Crippen molar-refractivity contribution in [2.75, 3.05) is 24.4 Å². The molecule has 35 heavy (non-hydrogen) atoms. The van der Waals surface area contributed by atoms with Crippen molar-refractivity contribution in [1.82, 2.24) is 0 Å². The van der Waals surface area contributed by atoms with Gasteiger partial charge < -0.3 is 19.5 Å². The fraction of sp³-hybridized carbons (Fsp3) is 0.154. The van der Waals surface area contributed by atoms with Crippen LogP contribution in [0.1, 0.15) is 38.0 Å². The summed E-state index contributed by atoms with van der Waals surface area (Å²) < 4.78 is 15.7. The highest BCUT2D eigenvalue weighted by atomic mass is 16.5. The van der Waals surface area contributed by atoms with E-state index in [9.17, 15) is 19.2 Å². The molecule has 3 amide bonds. The Labute approximate surface area is 201 Å². The number of amides is 3. The van der Waals surface area contributed by atoms with Gasteiger partial charge in [-0.2, -0.15) is 0 Å². The number of esters is 1. The topological polar surface area (TPSA) is 111 Å². The lowest BCUT2D eigenvalue weighted by Crippen LogP contribution is -2.30. The van der Waals surface area contributed by atoms with Crippen molar-refractivity contribution in [2.45, 2.75) is 13.0 Å². The minimum atomic E-state index is -1.09. The van der Waals surface area contributed by atoms with Gasteiger partial charge in [-0.05, 0) is 55.5 Å². The molecule has 0 spiro atoms. The van der Waals surface area contributed by atoms with Crippen LogP contribution in [0.3, 0.4) is 0 Å². The largest absolute Gasteiger partial charge is 0.493 e. The zero-order chi connectivity index (χ0) is 25.1. The first-order chi connectivity index (χ1) is 16.8. The number of fused-ring (bicyclic) bond motifs is 1. The second-order valence-corrected chi connectivity index (χ2v) is 7.64. The number of carbonyl (C=O) groups excluding carboxylic acids is 4. The summed E-state index contributed by atoms with van der Waals surface area (Å²) in [5.74, 6) is -1.17. The molecule has 0 fully saturated rings. The van der Waals surface area contributed by atoms with Gasteiger partial charge in [-0.25, -0.2) is 9.69 Å². The van der Waals surface area contributed by atoms with E-state index in [0.717, 1.165) is 4.90 Å². The van der Waals surface area contributed by atoms with Gasteiger partial charge >= 0.3 is 5.97 Å². The second-order valence-electron chi connectivity index (χ2n) is 7.64. The van der Waals surface area contributed by atoms with E-state index in [4.69, 9.17) is 14.2 Å². The van der Waals surface area contributed by atoms with Crippen molar-refractivity contribution in [3.05, 3.63) is 83.4 Å². The third-order valence-corrected chi connectivity index (χ3v) is 5.46. The average Bonchev–Trinajstić information content (AvgIpc) is 3.13. The highest BCUT2D eigenvalue weighted by molar-refractivity contribution is 6.34. The van der Waals surface area contributed by atoms with Gasteiger partial charge in [-0.15, -0.1) is 0 Å². The van der Waals surface area contributed by atoms with Crippen LogP contribution in [0.2, 0.25) is 0 Å². The van der Waals surface area contributed by atoms with E-state index in [0.29, 0.717) is 34.0 Å².